The quantitative estimate of drug-likeness (QED) is 0.628. The van der Waals surface area contributed by atoms with E-state index in [1.54, 1.807) is 0 Å². The summed E-state index contributed by atoms with van der Waals surface area (Å²) in [6, 6.07) is 2.74. The maximum atomic E-state index is 11.9. The van der Waals surface area contributed by atoms with Gasteiger partial charge in [0.25, 0.3) is 0 Å². The van der Waals surface area contributed by atoms with Crippen molar-refractivity contribution in [3.05, 3.63) is 24.3 Å². The third-order valence-electron chi connectivity index (χ3n) is 8.83. The van der Waals surface area contributed by atoms with Gasteiger partial charge in [-0.25, -0.2) is 0 Å². The normalized spacial score (nSPS) is 48.6. The molecule has 0 aromatic heterocycles. The van der Waals surface area contributed by atoms with Gasteiger partial charge in [0.15, 0.2) is 5.78 Å². The van der Waals surface area contributed by atoms with Crippen molar-refractivity contribution in [1.82, 2.24) is 0 Å². The number of hydrogen-bond donors (Lipinski definition) is 0. The van der Waals surface area contributed by atoms with Crippen LogP contribution in [0.3, 0.4) is 0 Å². The SMILES string of the molecule is C=C[C@H]1CC2=CC(=O)CC[C@@H]2[C@H]2CC[C@@]3(CC)[C@@H](CC[C@]3(C)C#N)[C@@H]21. The van der Waals surface area contributed by atoms with Crippen molar-refractivity contribution in [2.24, 2.45) is 40.4 Å². The van der Waals surface area contributed by atoms with Gasteiger partial charge >= 0.3 is 0 Å². The van der Waals surface area contributed by atoms with E-state index in [2.05, 4.69) is 32.6 Å². The average Bonchev–Trinajstić information content (AvgIpc) is 2.94. The molecule has 0 bridgehead atoms. The maximum Gasteiger partial charge on any atom is 0.155 e. The van der Waals surface area contributed by atoms with Crippen LogP contribution in [0.1, 0.15) is 65.2 Å². The number of allylic oxidation sites excluding steroid dienone is 2. The fourth-order valence-corrected chi connectivity index (χ4v) is 7.61. The Labute approximate surface area is 152 Å². The Balaban J connectivity index is 1.75. The van der Waals surface area contributed by atoms with Crippen molar-refractivity contribution < 1.29 is 4.79 Å². The number of nitrogens with zero attached hydrogens (tertiary/aromatic N) is 1. The van der Waals surface area contributed by atoms with Crippen LogP contribution in [0.4, 0.5) is 0 Å². The highest BCUT2D eigenvalue weighted by Crippen LogP contribution is 2.69. The Morgan fingerprint density at radius 2 is 2.16 bits per heavy atom. The van der Waals surface area contributed by atoms with Crippen LogP contribution in [0.2, 0.25) is 0 Å². The topological polar surface area (TPSA) is 40.9 Å². The highest BCUT2D eigenvalue weighted by molar-refractivity contribution is 5.91. The van der Waals surface area contributed by atoms with E-state index in [4.69, 9.17) is 0 Å². The number of hydrogen-bond acceptors (Lipinski definition) is 2. The second-order valence-corrected chi connectivity index (χ2v) is 9.31. The van der Waals surface area contributed by atoms with E-state index < -0.39 is 0 Å². The molecule has 0 N–H and O–H groups in total. The van der Waals surface area contributed by atoms with Gasteiger partial charge in [0.05, 0.1) is 11.5 Å². The minimum absolute atomic E-state index is 0.165. The minimum atomic E-state index is -0.165. The first-order valence-electron chi connectivity index (χ1n) is 10.3. The van der Waals surface area contributed by atoms with Crippen LogP contribution < -0.4 is 0 Å². The second-order valence-electron chi connectivity index (χ2n) is 9.31. The molecule has 4 aliphatic carbocycles. The van der Waals surface area contributed by atoms with Crippen LogP contribution in [-0.2, 0) is 4.79 Å². The first-order chi connectivity index (χ1) is 12.0. The summed E-state index contributed by atoms with van der Waals surface area (Å²) in [5, 5.41) is 9.98. The molecule has 25 heavy (non-hydrogen) atoms. The fourth-order valence-electron chi connectivity index (χ4n) is 7.61. The lowest BCUT2D eigenvalue weighted by Gasteiger charge is -2.58. The summed E-state index contributed by atoms with van der Waals surface area (Å²) < 4.78 is 0. The van der Waals surface area contributed by atoms with E-state index in [-0.39, 0.29) is 10.8 Å². The van der Waals surface area contributed by atoms with Gasteiger partial charge in [-0.15, -0.1) is 6.58 Å². The average molecular weight is 338 g/mol. The van der Waals surface area contributed by atoms with Gasteiger partial charge in [-0.05, 0) is 93.0 Å². The number of nitriles is 1. The zero-order valence-electron chi connectivity index (χ0n) is 15.8. The Hall–Kier alpha value is -1.36. The second kappa shape index (κ2) is 5.83. The van der Waals surface area contributed by atoms with Gasteiger partial charge in [-0.3, -0.25) is 4.79 Å². The lowest BCUT2D eigenvalue weighted by molar-refractivity contribution is -0.116. The molecule has 0 spiro atoms. The highest BCUT2D eigenvalue weighted by Gasteiger charge is 2.63. The van der Waals surface area contributed by atoms with Crippen molar-refractivity contribution in [1.29, 1.82) is 5.26 Å². The first kappa shape index (κ1) is 17.1. The molecule has 3 saturated carbocycles. The van der Waals surface area contributed by atoms with Crippen LogP contribution in [-0.4, -0.2) is 5.78 Å². The van der Waals surface area contributed by atoms with Crippen LogP contribution in [0.15, 0.2) is 24.3 Å². The van der Waals surface area contributed by atoms with E-state index in [1.807, 2.05) is 6.08 Å². The van der Waals surface area contributed by atoms with Crippen LogP contribution in [0, 0.1) is 51.8 Å². The van der Waals surface area contributed by atoms with Gasteiger partial charge in [0, 0.05) is 6.42 Å². The molecule has 134 valence electrons. The van der Waals surface area contributed by atoms with Gasteiger partial charge in [0.1, 0.15) is 0 Å². The predicted octanol–water partition coefficient (Wildman–Crippen LogP) is 5.46. The first-order valence-corrected chi connectivity index (χ1v) is 10.3. The van der Waals surface area contributed by atoms with Crippen molar-refractivity contribution in [3.63, 3.8) is 0 Å². The molecule has 0 aromatic carbocycles. The molecule has 0 amide bonds. The van der Waals surface area contributed by atoms with Crippen LogP contribution in [0.5, 0.6) is 0 Å². The van der Waals surface area contributed by atoms with Crippen molar-refractivity contribution in [2.75, 3.05) is 0 Å². The van der Waals surface area contributed by atoms with E-state index in [0.29, 0.717) is 35.4 Å². The summed E-state index contributed by atoms with van der Waals surface area (Å²) >= 11 is 0. The Morgan fingerprint density at radius 1 is 1.36 bits per heavy atom. The maximum absolute atomic E-state index is 11.9. The van der Waals surface area contributed by atoms with E-state index in [1.165, 1.54) is 24.8 Å². The zero-order valence-corrected chi connectivity index (χ0v) is 15.8. The summed E-state index contributed by atoms with van der Waals surface area (Å²) in [6.45, 7) is 8.71. The van der Waals surface area contributed by atoms with Crippen LogP contribution >= 0.6 is 0 Å². The molecule has 0 aromatic rings. The van der Waals surface area contributed by atoms with Gasteiger partial charge in [-0.1, -0.05) is 18.6 Å². The number of carbonyl (C=O) groups excluding carboxylic acids is 1. The summed E-state index contributed by atoms with van der Waals surface area (Å²) in [7, 11) is 0. The third-order valence-corrected chi connectivity index (χ3v) is 8.83. The van der Waals surface area contributed by atoms with Crippen LogP contribution in [0.25, 0.3) is 0 Å². The molecular formula is C23H31NO. The predicted molar refractivity (Wildman–Crippen MR) is 99.5 cm³/mol. The number of carbonyl (C=O) groups is 1. The van der Waals surface area contributed by atoms with Crippen molar-refractivity contribution in [2.45, 2.75) is 65.2 Å². The lowest BCUT2D eigenvalue weighted by Crippen LogP contribution is -2.52. The third kappa shape index (κ3) is 2.17. The van der Waals surface area contributed by atoms with Crippen molar-refractivity contribution in [3.8, 4) is 6.07 Å². The molecule has 2 nitrogen and oxygen atoms in total. The molecular weight excluding hydrogens is 306 g/mol. The molecule has 0 heterocycles. The van der Waals surface area contributed by atoms with Gasteiger partial charge < -0.3 is 0 Å². The van der Waals surface area contributed by atoms with E-state index in [0.717, 1.165) is 32.1 Å². The van der Waals surface area contributed by atoms with Gasteiger partial charge in [-0.2, -0.15) is 5.26 Å². The number of ketones is 1. The van der Waals surface area contributed by atoms with E-state index in [9.17, 15) is 10.1 Å². The number of fused-ring (bicyclic) bond motifs is 5. The smallest absolute Gasteiger partial charge is 0.155 e. The molecule has 0 unspecified atom stereocenters. The fraction of sp³-hybridized carbons (Fsp3) is 0.739. The molecule has 2 heteroatoms. The zero-order chi connectivity index (χ0) is 17.8. The largest absolute Gasteiger partial charge is 0.295 e. The summed E-state index contributed by atoms with van der Waals surface area (Å²) in [4.78, 5) is 11.9. The molecule has 0 saturated heterocycles. The monoisotopic (exact) mass is 337 g/mol. The molecule has 4 rings (SSSR count). The summed E-state index contributed by atoms with van der Waals surface area (Å²) in [5.41, 5.74) is 1.44. The molecule has 0 radical (unpaired) electrons. The Bertz CT molecular complexity index is 670. The Kier molecular flexibility index (Phi) is 3.98. The van der Waals surface area contributed by atoms with Gasteiger partial charge in [0.2, 0.25) is 0 Å². The summed E-state index contributed by atoms with van der Waals surface area (Å²) in [5.74, 6) is 3.43. The Morgan fingerprint density at radius 3 is 2.84 bits per heavy atom. The molecule has 7 atom stereocenters. The standard InChI is InChI=1S/C23H31NO/c1-4-15-12-16-13-17(25)6-7-18(16)19-8-11-23(5-2)20(21(15)19)9-10-22(23,3)14-24/h4,13,15,18-21H,1,5-12H2,2-3H3/t15-,18-,19+,20-,21+,22+,23-/m0/s1. The van der Waals surface area contributed by atoms with Crippen molar-refractivity contribution >= 4 is 5.78 Å². The summed E-state index contributed by atoms with van der Waals surface area (Å²) in [6.07, 6.45) is 12.8. The number of rotatable bonds is 2. The molecule has 4 aliphatic rings. The molecule has 3 fully saturated rings. The highest BCUT2D eigenvalue weighted by atomic mass is 16.1. The molecule has 0 aliphatic heterocycles. The minimum Gasteiger partial charge on any atom is -0.295 e. The van der Waals surface area contributed by atoms with E-state index >= 15 is 0 Å². The lowest BCUT2D eigenvalue weighted by atomic mass is 9.46.